The van der Waals surface area contributed by atoms with E-state index in [-0.39, 0.29) is 16.8 Å². The van der Waals surface area contributed by atoms with Crippen LogP contribution in [0.2, 0.25) is 0 Å². The van der Waals surface area contributed by atoms with Crippen molar-refractivity contribution in [3.05, 3.63) is 11.4 Å². The molecule has 0 saturated carbocycles. The molecule has 2 atom stereocenters. The van der Waals surface area contributed by atoms with Gasteiger partial charge in [0.05, 0.1) is 17.4 Å². The maximum atomic E-state index is 12.4. The van der Waals surface area contributed by atoms with Crippen LogP contribution in [0.5, 0.6) is 0 Å². The van der Waals surface area contributed by atoms with Crippen LogP contribution in [0.15, 0.2) is 4.90 Å². The lowest BCUT2D eigenvalue weighted by atomic mass is 10.2. The Labute approximate surface area is 131 Å². The predicted molar refractivity (Wildman–Crippen MR) is 83.7 cm³/mol. The average Bonchev–Trinajstić information content (AvgIpc) is 2.62. The highest BCUT2D eigenvalue weighted by atomic mass is 32.2. The number of nitrogens with two attached hydrogens (primary N) is 1. The number of hydrogen-bond donors (Lipinski definition) is 3. The molecule has 9 heteroatoms. The van der Waals surface area contributed by atoms with Gasteiger partial charge in [-0.2, -0.15) is 9.82 Å². The van der Waals surface area contributed by atoms with Gasteiger partial charge in [0.15, 0.2) is 0 Å². The first-order chi connectivity index (χ1) is 10.1. The Morgan fingerprint density at radius 3 is 2.41 bits per heavy atom. The van der Waals surface area contributed by atoms with Crippen molar-refractivity contribution in [1.29, 1.82) is 0 Å². The lowest BCUT2D eigenvalue weighted by Crippen LogP contribution is -2.45. The number of sulfonamides is 1. The van der Waals surface area contributed by atoms with Gasteiger partial charge in [-0.3, -0.25) is 9.48 Å². The van der Waals surface area contributed by atoms with Crippen LogP contribution in [-0.4, -0.2) is 42.7 Å². The van der Waals surface area contributed by atoms with Crippen LogP contribution >= 0.6 is 0 Å². The quantitative estimate of drug-likeness (QED) is 0.625. The number of carbonyl (C=O) groups is 1. The summed E-state index contributed by atoms with van der Waals surface area (Å²) in [6.07, 6.45) is 0.631. The van der Waals surface area contributed by atoms with E-state index in [1.54, 1.807) is 20.9 Å². The minimum Gasteiger partial charge on any atom is -0.355 e. The summed E-state index contributed by atoms with van der Waals surface area (Å²) in [4.78, 5) is 12.0. The molecular weight excluding hydrogens is 306 g/mol. The molecule has 1 amide bonds. The van der Waals surface area contributed by atoms with Crippen molar-refractivity contribution in [2.24, 2.45) is 12.8 Å². The zero-order valence-corrected chi connectivity index (χ0v) is 14.5. The number of nitrogens with zero attached hydrogens (tertiary/aromatic N) is 2. The summed E-state index contributed by atoms with van der Waals surface area (Å²) in [7, 11) is -2.13. The molecule has 22 heavy (non-hydrogen) atoms. The third kappa shape index (κ3) is 4.52. The van der Waals surface area contributed by atoms with Crippen LogP contribution in [0, 0.1) is 13.8 Å². The summed E-state index contributed by atoms with van der Waals surface area (Å²) in [5, 5.41) is 6.74. The molecule has 0 aliphatic carbocycles. The molecule has 1 aromatic heterocycles. The highest BCUT2D eigenvalue weighted by Crippen LogP contribution is 2.18. The van der Waals surface area contributed by atoms with Crippen LogP contribution in [0.25, 0.3) is 0 Å². The molecule has 2 unspecified atom stereocenters. The smallest absolute Gasteiger partial charge is 0.244 e. The minimum absolute atomic E-state index is 0.0204. The van der Waals surface area contributed by atoms with Crippen LogP contribution in [0.1, 0.15) is 31.7 Å². The monoisotopic (exact) mass is 331 g/mol. The van der Waals surface area contributed by atoms with E-state index >= 15 is 0 Å². The lowest BCUT2D eigenvalue weighted by Gasteiger charge is -2.15. The molecule has 0 aliphatic rings. The summed E-state index contributed by atoms with van der Waals surface area (Å²) in [6.45, 7) is 7.04. The first-order valence-electron chi connectivity index (χ1n) is 7.12. The predicted octanol–water partition coefficient (Wildman–Crippen LogP) is -0.443. The second-order valence-corrected chi connectivity index (χ2v) is 7.17. The fourth-order valence-electron chi connectivity index (χ4n) is 2.06. The third-order valence-electron chi connectivity index (χ3n) is 3.34. The molecule has 0 aliphatic heterocycles. The largest absolute Gasteiger partial charge is 0.355 e. The highest BCUT2D eigenvalue weighted by Gasteiger charge is 2.27. The minimum atomic E-state index is -3.81. The van der Waals surface area contributed by atoms with E-state index in [4.69, 9.17) is 5.73 Å². The van der Waals surface area contributed by atoms with Gasteiger partial charge < -0.3 is 11.1 Å². The van der Waals surface area contributed by atoms with Crippen LogP contribution < -0.4 is 15.8 Å². The zero-order chi connectivity index (χ0) is 17.1. The fraction of sp³-hybridized carbons (Fsp3) is 0.692. The van der Waals surface area contributed by atoms with Gasteiger partial charge in [-0.15, -0.1) is 0 Å². The van der Waals surface area contributed by atoms with Crippen LogP contribution in [0.4, 0.5) is 0 Å². The summed E-state index contributed by atoms with van der Waals surface area (Å²) in [6, 6.07) is -0.898. The summed E-state index contributed by atoms with van der Waals surface area (Å²) >= 11 is 0. The van der Waals surface area contributed by atoms with Crippen molar-refractivity contribution >= 4 is 15.9 Å². The second kappa shape index (κ2) is 7.21. The Morgan fingerprint density at radius 1 is 1.36 bits per heavy atom. The van der Waals surface area contributed by atoms with Crippen molar-refractivity contribution < 1.29 is 13.2 Å². The van der Waals surface area contributed by atoms with E-state index < -0.39 is 16.1 Å². The maximum Gasteiger partial charge on any atom is 0.244 e. The summed E-state index contributed by atoms with van der Waals surface area (Å²) in [5.41, 5.74) is 6.52. The SMILES string of the molecule is Cc1nn(C)c(C)c1S(=O)(=O)NC(C)C(=O)NCCC(C)N. The molecule has 1 rings (SSSR count). The molecule has 126 valence electrons. The molecule has 0 fully saturated rings. The summed E-state index contributed by atoms with van der Waals surface area (Å²) in [5.74, 6) is -0.386. The molecule has 8 nitrogen and oxygen atoms in total. The second-order valence-electron chi connectivity index (χ2n) is 5.52. The van der Waals surface area contributed by atoms with Gasteiger partial charge >= 0.3 is 0 Å². The molecule has 0 saturated heterocycles. The molecule has 1 heterocycles. The van der Waals surface area contributed by atoms with Crippen molar-refractivity contribution in [3.63, 3.8) is 0 Å². The van der Waals surface area contributed by atoms with Crippen molar-refractivity contribution in [2.45, 2.75) is 51.1 Å². The molecular formula is C13H25N5O3S. The standard InChI is InChI=1S/C13H25N5O3S/c1-8(14)6-7-15-13(19)10(3)17-22(20,21)12-9(2)16-18(5)11(12)4/h8,10,17H,6-7,14H2,1-5H3,(H,15,19). The number of aryl methyl sites for hydroxylation is 2. The van der Waals surface area contributed by atoms with Crippen molar-refractivity contribution in [3.8, 4) is 0 Å². The molecule has 0 spiro atoms. The van der Waals surface area contributed by atoms with Gasteiger partial charge in [0.2, 0.25) is 15.9 Å². The highest BCUT2D eigenvalue weighted by molar-refractivity contribution is 7.89. The molecule has 4 N–H and O–H groups in total. The number of rotatable bonds is 7. The van der Waals surface area contributed by atoms with Gasteiger partial charge in [-0.1, -0.05) is 0 Å². The third-order valence-corrected chi connectivity index (χ3v) is 5.13. The van der Waals surface area contributed by atoms with Gasteiger partial charge in [0.25, 0.3) is 0 Å². The van der Waals surface area contributed by atoms with E-state index in [0.29, 0.717) is 24.4 Å². The van der Waals surface area contributed by atoms with E-state index in [9.17, 15) is 13.2 Å². The number of carbonyl (C=O) groups excluding carboxylic acids is 1. The first kappa shape index (κ1) is 18.6. The Balaban J connectivity index is 2.77. The van der Waals surface area contributed by atoms with E-state index in [1.807, 2.05) is 6.92 Å². The topological polar surface area (TPSA) is 119 Å². The fourth-order valence-corrected chi connectivity index (χ4v) is 3.71. The first-order valence-corrected chi connectivity index (χ1v) is 8.60. The van der Waals surface area contributed by atoms with E-state index in [2.05, 4.69) is 15.1 Å². The number of hydrogen-bond acceptors (Lipinski definition) is 5. The summed E-state index contributed by atoms with van der Waals surface area (Å²) < 4.78 is 28.7. The van der Waals surface area contributed by atoms with E-state index in [0.717, 1.165) is 0 Å². The van der Waals surface area contributed by atoms with Gasteiger partial charge in [0, 0.05) is 19.6 Å². The Hall–Kier alpha value is -1.45. The number of amides is 1. The molecule has 1 aromatic rings. The number of aromatic nitrogens is 2. The lowest BCUT2D eigenvalue weighted by molar-refractivity contribution is -0.122. The van der Waals surface area contributed by atoms with Gasteiger partial charge in [-0.25, -0.2) is 8.42 Å². The van der Waals surface area contributed by atoms with Crippen LogP contribution in [-0.2, 0) is 21.9 Å². The van der Waals surface area contributed by atoms with Crippen molar-refractivity contribution in [1.82, 2.24) is 19.8 Å². The normalized spacial score (nSPS) is 14.6. The van der Waals surface area contributed by atoms with Gasteiger partial charge in [-0.05, 0) is 34.1 Å². The van der Waals surface area contributed by atoms with E-state index in [1.165, 1.54) is 11.6 Å². The Kier molecular flexibility index (Phi) is 6.09. The van der Waals surface area contributed by atoms with Crippen molar-refractivity contribution in [2.75, 3.05) is 6.54 Å². The van der Waals surface area contributed by atoms with Crippen LogP contribution in [0.3, 0.4) is 0 Å². The molecule has 0 radical (unpaired) electrons. The van der Waals surface area contributed by atoms with Gasteiger partial charge in [0.1, 0.15) is 4.90 Å². The maximum absolute atomic E-state index is 12.4. The average molecular weight is 331 g/mol. The Bertz CT molecular complexity index is 636. The molecule has 0 aromatic carbocycles. The number of nitrogens with one attached hydrogen (secondary N) is 2. The zero-order valence-electron chi connectivity index (χ0n) is 13.7. The molecule has 0 bridgehead atoms. The Morgan fingerprint density at radius 2 is 1.95 bits per heavy atom.